The Balaban J connectivity index is 1.89. The van der Waals surface area contributed by atoms with Crippen molar-refractivity contribution in [2.75, 3.05) is 13.2 Å². The lowest BCUT2D eigenvalue weighted by Gasteiger charge is -2.19. The van der Waals surface area contributed by atoms with Gasteiger partial charge in [0, 0.05) is 22.9 Å². The topological polar surface area (TPSA) is 87.6 Å². The smallest absolute Gasteiger partial charge is 0.161 e. The molecule has 0 amide bonds. The number of phenols is 2. The van der Waals surface area contributed by atoms with E-state index in [1.165, 1.54) is 12.1 Å². The molecule has 3 aromatic rings. The monoisotopic (exact) mass is 386 g/mol. The molecule has 0 atom stereocenters. The molecule has 0 spiro atoms. The zero-order chi connectivity index (χ0) is 19.0. The summed E-state index contributed by atoms with van der Waals surface area (Å²) in [5.74, 6) is 1.12. The van der Waals surface area contributed by atoms with Crippen molar-refractivity contribution in [3.8, 4) is 45.4 Å². The molecule has 0 radical (unpaired) electrons. The van der Waals surface area contributed by atoms with Gasteiger partial charge >= 0.3 is 0 Å². The number of rotatable bonds is 4. The fourth-order valence-corrected chi connectivity index (χ4v) is 3.42. The molecule has 140 valence electrons. The van der Waals surface area contributed by atoms with Gasteiger partial charge in [0.2, 0.25) is 0 Å². The van der Waals surface area contributed by atoms with Crippen LogP contribution in [0.2, 0.25) is 5.02 Å². The highest BCUT2D eigenvalue weighted by atomic mass is 35.5. The van der Waals surface area contributed by atoms with E-state index in [9.17, 15) is 10.2 Å². The van der Waals surface area contributed by atoms with Crippen molar-refractivity contribution < 1.29 is 19.7 Å². The van der Waals surface area contributed by atoms with Crippen LogP contribution in [0.4, 0.5) is 0 Å². The minimum atomic E-state index is -0.178. The maximum Gasteiger partial charge on any atom is 0.161 e. The Labute approximate surface area is 161 Å². The average Bonchev–Trinajstić information content (AvgIpc) is 3.08. The minimum absolute atomic E-state index is 0.0924. The Hall–Kier alpha value is -2.86. The molecule has 6 nitrogen and oxygen atoms in total. The zero-order valence-electron chi connectivity index (χ0n) is 14.8. The second kappa shape index (κ2) is 7.04. The van der Waals surface area contributed by atoms with Crippen LogP contribution in [0.5, 0.6) is 23.0 Å². The summed E-state index contributed by atoms with van der Waals surface area (Å²) < 4.78 is 11.3. The number of fused-ring (bicyclic) bond motifs is 1. The van der Waals surface area contributed by atoms with Crippen LogP contribution in [0.15, 0.2) is 30.3 Å². The molecule has 1 aromatic heterocycles. The lowest BCUT2D eigenvalue weighted by atomic mass is 9.96. The fourth-order valence-electron chi connectivity index (χ4n) is 3.25. The Morgan fingerprint density at radius 3 is 2.63 bits per heavy atom. The highest BCUT2D eigenvalue weighted by molar-refractivity contribution is 6.32. The summed E-state index contributed by atoms with van der Waals surface area (Å²) in [5, 5.41) is 27.7. The summed E-state index contributed by atoms with van der Waals surface area (Å²) in [6, 6.07) is 8.47. The lowest BCUT2D eigenvalue weighted by Crippen LogP contribution is -2.15. The van der Waals surface area contributed by atoms with Gasteiger partial charge in [0.15, 0.2) is 11.5 Å². The van der Waals surface area contributed by atoms with Crippen molar-refractivity contribution in [3.63, 3.8) is 0 Å². The number of aromatic amines is 1. The molecular formula is C20H19ClN2O4. The van der Waals surface area contributed by atoms with Gasteiger partial charge in [0.1, 0.15) is 30.4 Å². The Bertz CT molecular complexity index is 1000. The Morgan fingerprint density at radius 1 is 1.07 bits per heavy atom. The third-order valence-corrected chi connectivity index (χ3v) is 4.80. The van der Waals surface area contributed by atoms with Crippen molar-refractivity contribution in [3.05, 3.63) is 41.0 Å². The van der Waals surface area contributed by atoms with Crippen molar-refractivity contribution in [2.24, 2.45) is 0 Å². The van der Waals surface area contributed by atoms with Gasteiger partial charge in [-0.25, -0.2) is 0 Å². The summed E-state index contributed by atoms with van der Waals surface area (Å²) in [6.07, 6.45) is 1.73. The number of hydrogen-bond acceptors (Lipinski definition) is 5. The van der Waals surface area contributed by atoms with Gasteiger partial charge in [-0.05, 0) is 30.2 Å². The fraction of sp³-hybridized carbons (Fsp3) is 0.250. The third-order valence-electron chi connectivity index (χ3n) is 4.49. The van der Waals surface area contributed by atoms with Gasteiger partial charge in [0.25, 0.3) is 0 Å². The van der Waals surface area contributed by atoms with Gasteiger partial charge < -0.3 is 19.7 Å². The first-order chi connectivity index (χ1) is 13.1. The first-order valence-corrected chi connectivity index (χ1v) is 9.15. The number of ether oxygens (including phenoxy) is 2. The first-order valence-electron chi connectivity index (χ1n) is 8.77. The number of aromatic hydroxyl groups is 2. The highest BCUT2D eigenvalue weighted by Crippen LogP contribution is 2.43. The number of nitrogens with one attached hydrogen (secondary N) is 1. The van der Waals surface area contributed by atoms with Crippen molar-refractivity contribution in [2.45, 2.75) is 19.8 Å². The SMILES string of the molecule is CCCc1[nH]nc(-c2cc(Cl)c(O)cc2O)c1-c1ccc2c(c1)OCCO2. The first kappa shape index (κ1) is 17.5. The van der Waals surface area contributed by atoms with Crippen molar-refractivity contribution in [1.29, 1.82) is 0 Å². The molecular weight excluding hydrogens is 368 g/mol. The summed E-state index contributed by atoms with van der Waals surface area (Å²) >= 11 is 6.06. The maximum atomic E-state index is 10.4. The van der Waals surface area contributed by atoms with E-state index >= 15 is 0 Å². The molecule has 4 rings (SSSR count). The van der Waals surface area contributed by atoms with Crippen molar-refractivity contribution >= 4 is 11.6 Å². The van der Waals surface area contributed by atoms with Crippen LogP contribution < -0.4 is 9.47 Å². The Kier molecular flexibility index (Phi) is 4.58. The molecule has 0 aliphatic carbocycles. The average molecular weight is 387 g/mol. The van der Waals surface area contributed by atoms with E-state index in [-0.39, 0.29) is 16.5 Å². The Morgan fingerprint density at radius 2 is 1.85 bits per heavy atom. The zero-order valence-corrected chi connectivity index (χ0v) is 15.5. The second-order valence-corrected chi connectivity index (χ2v) is 6.76. The second-order valence-electron chi connectivity index (χ2n) is 6.35. The van der Waals surface area contributed by atoms with Crippen LogP contribution in [0, 0.1) is 0 Å². The van der Waals surface area contributed by atoms with Crippen molar-refractivity contribution in [1.82, 2.24) is 10.2 Å². The quantitative estimate of drug-likeness (QED) is 0.613. The number of aryl methyl sites for hydroxylation is 1. The normalized spacial score (nSPS) is 13.0. The largest absolute Gasteiger partial charge is 0.507 e. The van der Waals surface area contributed by atoms with Gasteiger partial charge in [-0.15, -0.1) is 0 Å². The number of benzene rings is 2. The number of H-pyrrole nitrogens is 1. The molecule has 0 saturated heterocycles. The van der Waals surface area contributed by atoms with Gasteiger partial charge in [-0.1, -0.05) is 31.0 Å². The molecule has 0 saturated carbocycles. The molecule has 0 unspecified atom stereocenters. The molecule has 0 bridgehead atoms. The predicted octanol–water partition coefficient (Wildman–Crippen LogP) is 4.53. The van der Waals surface area contributed by atoms with E-state index in [1.54, 1.807) is 0 Å². The van der Waals surface area contributed by atoms with Gasteiger partial charge in [-0.3, -0.25) is 5.10 Å². The van der Waals surface area contributed by atoms with E-state index in [4.69, 9.17) is 21.1 Å². The van der Waals surface area contributed by atoms with E-state index in [1.807, 2.05) is 18.2 Å². The van der Waals surface area contributed by atoms with Crippen LogP contribution in [0.25, 0.3) is 22.4 Å². The third kappa shape index (κ3) is 3.17. The van der Waals surface area contributed by atoms with Crippen LogP contribution in [-0.4, -0.2) is 33.6 Å². The summed E-state index contributed by atoms with van der Waals surface area (Å²) in [4.78, 5) is 0. The highest BCUT2D eigenvalue weighted by Gasteiger charge is 2.22. The maximum absolute atomic E-state index is 10.4. The van der Waals surface area contributed by atoms with E-state index in [0.29, 0.717) is 36.0 Å². The number of hydrogen-bond donors (Lipinski definition) is 3. The van der Waals surface area contributed by atoms with E-state index in [2.05, 4.69) is 17.1 Å². The van der Waals surface area contributed by atoms with Crippen LogP contribution in [0.1, 0.15) is 19.0 Å². The van der Waals surface area contributed by atoms with Gasteiger partial charge in [0.05, 0.1) is 5.02 Å². The molecule has 2 heterocycles. The number of nitrogens with zero attached hydrogens (tertiary/aromatic N) is 1. The number of phenolic OH excluding ortho intramolecular Hbond substituents is 2. The molecule has 2 aromatic carbocycles. The molecule has 7 heteroatoms. The standard InChI is InChI=1S/C20H19ClN2O4/c1-2-3-14-19(11-4-5-17-18(8-11)27-7-6-26-17)20(23-22-14)12-9-13(21)16(25)10-15(12)24/h4-5,8-10,24-25H,2-3,6-7H2,1H3,(H,22,23). The minimum Gasteiger partial charge on any atom is -0.507 e. The summed E-state index contributed by atoms with van der Waals surface area (Å²) in [6.45, 7) is 3.12. The van der Waals surface area contributed by atoms with Crippen LogP contribution in [-0.2, 0) is 6.42 Å². The van der Waals surface area contributed by atoms with Crippen LogP contribution in [0.3, 0.4) is 0 Å². The number of halogens is 1. The summed E-state index contributed by atoms with van der Waals surface area (Å²) in [7, 11) is 0. The van der Waals surface area contributed by atoms with Gasteiger partial charge in [-0.2, -0.15) is 5.10 Å². The lowest BCUT2D eigenvalue weighted by molar-refractivity contribution is 0.171. The van der Waals surface area contributed by atoms with Crippen LogP contribution >= 0.6 is 11.6 Å². The molecule has 27 heavy (non-hydrogen) atoms. The molecule has 1 aliphatic heterocycles. The summed E-state index contributed by atoms with van der Waals surface area (Å²) in [5.41, 5.74) is 3.73. The number of aromatic nitrogens is 2. The molecule has 0 fully saturated rings. The van der Waals surface area contributed by atoms with E-state index < -0.39 is 0 Å². The van der Waals surface area contributed by atoms with E-state index in [0.717, 1.165) is 29.7 Å². The molecule has 3 N–H and O–H groups in total. The molecule has 1 aliphatic rings. The predicted molar refractivity (Wildman–Crippen MR) is 103 cm³/mol.